The average Bonchev–Trinajstić information content (AvgIpc) is 1.86. The van der Waals surface area contributed by atoms with Gasteiger partial charge < -0.3 is 11.1 Å². The Morgan fingerprint density at radius 1 is 1.44 bits per heavy atom. The molecule has 0 aromatic carbocycles. The van der Waals surface area contributed by atoms with Gasteiger partial charge in [0.2, 0.25) is 0 Å². The van der Waals surface area contributed by atoms with Crippen molar-refractivity contribution in [3.63, 3.8) is 0 Å². The number of nitrogens with one attached hydrogen (secondary N) is 1. The van der Waals surface area contributed by atoms with E-state index in [1.807, 2.05) is 0 Å². The molecule has 0 bridgehead atoms. The highest BCUT2D eigenvalue weighted by molar-refractivity contribution is 4.95. The van der Waals surface area contributed by atoms with Crippen LogP contribution in [0.2, 0.25) is 0 Å². The van der Waals surface area contributed by atoms with Crippen LogP contribution < -0.4 is 11.1 Å². The molecule has 0 aromatic rings. The third-order valence-corrected chi connectivity index (χ3v) is 2.79. The number of hydrogen-bond donors (Lipinski definition) is 2. The van der Waals surface area contributed by atoms with E-state index in [0.717, 1.165) is 11.8 Å². The van der Waals surface area contributed by atoms with Gasteiger partial charge in [0.15, 0.2) is 0 Å². The van der Waals surface area contributed by atoms with Crippen molar-refractivity contribution in [3.8, 4) is 0 Å². The summed E-state index contributed by atoms with van der Waals surface area (Å²) in [5.41, 5.74) is 5.81. The van der Waals surface area contributed by atoms with Gasteiger partial charge in [-0.1, -0.05) is 0 Å². The molecule has 0 aromatic heterocycles. The Labute approximate surface area is 55.8 Å². The summed E-state index contributed by atoms with van der Waals surface area (Å²) in [4.78, 5) is 0. The Balaban J connectivity index is 1.94. The molecule has 1 aliphatic heterocycles. The minimum Gasteiger partial charge on any atom is -0.327 e. The Bertz CT molecular complexity index is 111. The van der Waals surface area contributed by atoms with E-state index in [1.165, 1.54) is 25.9 Å². The van der Waals surface area contributed by atoms with E-state index in [4.69, 9.17) is 5.73 Å². The number of piperidine rings is 1. The molecule has 0 amide bonds. The van der Waals surface area contributed by atoms with Crippen LogP contribution in [0.15, 0.2) is 0 Å². The molecule has 1 heterocycles. The van der Waals surface area contributed by atoms with Crippen molar-refractivity contribution in [1.82, 2.24) is 5.32 Å². The number of nitrogens with two attached hydrogens (primary N) is 1. The van der Waals surface area contributed by atoms with Crippen molar-refractivity contribution < 1.29 is 0 Å². The van der Waals surface area contributed by atoms with Crippen molar-refractivity contribution in [3.05, 3.63) is 0 Å². The molecule has 3 atom stereocenters. The van der Waals surface area contributed by atoms with Gasteiger partial charge in [-0.15, -0.1) is 0 Å². The Morgan fingerprint density at radius 2 is 2.33 bits per heavy atom. The lowest BCUT2D eigenvalue weighted by molar-refractivity contribution is 0.0967. The molecule has 2 fully saturated rings. The zero-order valence-electron chi connectivity index (χ0n) is 5.64. The molecule has 9 heavy (non-hydrogen) atoms. The van der Waals surface area contributed by atoms with Crippen LogP contribution in [0.4, 0.5) is 0 Å². The molecule has 2 nitrogen and oxygen atoms in total. The van der Waals surface area contributed by atoms with Gasteiger partial charge in [0, 0.05) is 6.04 Å². The van der Waals surface area contributed by atoms with E-state index in [9.17, 15) is 0 Å². The fourth-order valence-electron chi connectivity index (χ4n) is 2.09. The first-order valence-corrected chi connectivity index (χ1v) is 3.84. The zero-order chi connectivity index (χ0) is 6.27. The molecule has 52 valence electrons. The van der Waals surface area contributed by atoms with E-state index in [-0.39, 0.29) is 0 Å². The van der Waals surface area contributed by atoms with Gasteiger partial charge >= 0.3 is 0 Å². The van der Waals surface area contributed by atoms with Gasteiger partial charge in [0.05, 0.1) is 0 Å². The van der Waals surface area contributed by atoms with Crippen molar-refractivity contribution in [2.45, 2.75) is 18.9 Å². The van der Waals surface area contributed by atoms with Crippen molar-refractivity contribution in [1.29, 1.82) is 0 Å². The Morgan fingerprint density at radius 3 is 2.89 bits per heavy atom. The molecule has 0 spiro atoms. The van der Waals surface area contributed by atoms with Crippen LogP contribution in [0.3, 0.4) is 0 Å². The van der Waals surface area contributed by atoms with Gasteiger partial charge in [-0.3, -0.25) is 0 Å². The first-order chi connectivity index (χ1) is 4.38. The van der Waals surface area contributed by atoms with E-state index in [2.05, 4.69) is 5.32 Å². The first-order valence-electron chi connectivity index (χ1n) is 3.84. The highest BCUT2D eigenvalue weighted by Gasteiger charge is 2.39. The summed E-state index contributed by atoms with van der Waals surface area (Å²) < 4.78 is 0. The molecule has 1 aliphatic carbocycles. The maximum atomic E-state index is 5.81. The highest BCUT2D eigenvalue weighted by atomic mass is 14.9. The van der Waals surface area contributed by atoms with Crippen LogP contribution in [0.5, 0.6) is 0 Å². The number of fused-ring (bicyclic) bond motifs is 1. The van der Waals surface area contributed by atoms with Crippen LogP contribution >= 0.6 is 0 Å². The fraction of sp³-hybridized carbons (Fsp3) is 1.00. The highest BCUT2D eigenvalue weighted by Crippen LogP contribution is 2.36. The third-order valence-electron chi connectivity index (χ3n) is 2.79. The van der Waals surface area contributed by atoms with Crippen LogP contribution in [0, 0.1) is 11.8 Å². The molecule has 2 aliphatic rings. The molecule has 1 saturated carbocycles. The van der Waals surface area contributed by atoms with Crippen molar-refractivity contribution >= 4 is 0 Å². The van der Waals surface area contributed by atoms with Crippen LogP contribution in [-0.4, -0.2) is 19.1 Å². The standard InChI is InChI=1S/C7H14N2/c8-7-3-5-4-9-2-1-6(5)7/h5-7,9H,1-4,8H2. The summed E-state index contributed by atoms with van der Waals surface area (Å²) in [5.74, 6) is 1.79. The number of hydrogen-bond acceptors (Lipinski definition) is 2. The van der Waals surface area contributed by atoms with E-state index >= 15 is 0 Å². The van der Waals surface area contributed by atoms with Gasteiger partial charge in [-0.05, 0) is 37.8 Å². The molecular formula is C7H14N2. The second kappa shape index (κ2) is 1.96. The summed E-state index contributed by atoms with van der Waals surface area (Å²) in [6.45, 7) is 2.41. The summed E-state index contributed by atoms with van der Waals surface area (Å²) in [6, 6.07) is 0.539. The summed E-state index contributed by atoms with van der Waals surface area (Å²) in [6.07, 6.45) is 2.57. The molecule has 0 radical (unpaired) electrons. The lowest BCUT2D eigenvalue weighted by Crippen LogP contribution is -2.55. The first kappa shape index (κ1) is 5.69. The number of rotatable bonds is 0. The predicted octanol–water partition coefficient (Wildman–Crippen LogP) is -0.0569. The van der Waals surface area contributed by atoms with Crippen LogP contribution in [-0.2, 0) is 0 Å². The molecule has 2 heteroatoms. The average molecular weight is 126 g/mol. The fourth-order valence-corrected chi connectivity index (χ4v) is 2.09. The quantitative estimate of drug-likeness (QED) is 0.477. The summed E-state index contributed by atoms with van der Waals surface area (Å²) in [5, 5.41) is 3.38. The van der Waals surface area contributed by atoms with Gasteiger partial charge in [0.1, 0.15) is 0 Å². The Kier molecular flexibility index (Phi) is 1.24. The molecule has 1 saturated heterocycles. The van der Waals surface area contributed by atoms with Crippen molar-refractivity contribution in [2.24, 2.45) is 17.6 Å². The van der Waals surface area contributed by atoms with Gasteiger partial charge in [0.25, 0.3) is 0 Å². The molecule has 3 N–H and O–H groups in total. The monoisotopic (exact) mass is 126 g/mol. The molecule has 2 rings (SSSR count). The Hall–Kier alpha value is -0.0800. The second-order valence-electron chi connectivity index (χ2n) is 3.32. The van der Waals surface area contributed by atoms with Crippen molar-refractivity contribution in [2.75, 3.05) is 13.1 Å². The minimum atomic E-state index is 0.539. The van der Waals surface area contributed by atoms with E-state index in [0.29, 0.717) is 6.04 Å². The van der Waals surface area contributed by atoms with Gasteiger partial charge in [-0.2, -0.15) is 0 Å². The van der Waals surface area contributed by atoms with E-state index in [1.54, 1.807) is 0 Å². The summed E-state index contributed by atoms with van der Waals surface area (Å²) >= 11 is 0. The topological polar surface area (TPSA) is 38.0 Å². The van der Waals surface area contributed by atoms with Gasteiger partial charge in [-0.25, -0.2) is 0 Å². The lowest BCUT2D eigenvalue weighted by Gasteiger charge is -2.46. The van der Waals surface area contributed by atoms with Crippen LogP contribution in [0.25, 0.3) is 0 Å². The third kappa shape index (κ3) is 0.775. The van der Waals surface area contributed by atoms with E-state index < -0.39 is 0 Å². The molecular weight excluding hydrogens is 112 g/mol. The van der Waals surface area contributed by atoms with Crippen LogP contribution in [0.1, 0.15) is 12.8 Å². The SMILES string of the molecule is NC1CC2CNCCC12. The minimum absolute atomic E-state index is 0.539. The smallest absolute Gasteiger partial charge is 0.00739 e. The molecule has 3 unspecified atom stereocenters. The summed E-state index contributed by atoms with van der Waals surface area (Å²) in [7, 11) is 0. The maximum absolute atomic E-state index is 5.81. The zero-order valence-corrected chi connectivity index (χ0v) is 5.64. The normalized spacial score (nSPS) is 49.7. The lowest BCUT2D eigenvalue weighted by atomic mass is 9.66. The second-order valence-corrected chi connectivity index (χ2v) is 3.32. The predicted molar refractivity (Wildman–Crippen MR) is 37.1 cm³/mol. The maximum Gasteiger partial charge on any atom is 0.00739 e. The largest absolute Gasteiger partial charge is 0.327 e.